The summed E-state index contributed by atoms with van der Waals surface area (Å²) in [4.78, 5) is 25.6. The Morgan fingerprint density at radius 1 is 1.06 bits per heavy atom. The molecule has 2 rings (SSSR count). The number of nitrogens with one attached hydrogen (secondary N) is 1. The number of aromatic nitrogens is 1. The van der Waals surface area contributed by atoms with Gasteiger partial charge in [-0.2, -0.15) is 0 Å². The molecular formula is C12H9NO5. The molecule has 2 aromatic rings. The number of phenols is 3. The number of aromatic hydroxyl groups is 3. The van der Waals surface area contributed by atoms with Crippen LogP contribution in [0.25, 0.3) is 0 Å². The molecule has 6 nitrogen and oxygen atoms in total. The molecule has 0 saturated heterocycles. The lowest BCUT2D eigenvalue weighted by molar-refractivity contribution is 0.103. The summed E-state index contributed by atoms with van der Waals surface area (Å²) in [5.74, 6) is -2.71. The first kappa shape index (κ1) is 11.7. The predicted octanol–water partition coefficient (Wildman–Crippen LogP) is 0.723. The number of carbonyl (C=O) groups excluding carboxylic acids is 1. The van der Waals surface area contributed by atoms with Gasteiger partial charge in [0, 0.05) is 18.3 Å². The zero-order valence-electron chi connectivity index (χ0n) is 9.04. The normalized spacial score (nSPS) is 10.2. The number of hydrogen-bond acceptors (Lipinski definition) is 5. The lowest BCUT2D eigenvalue weighted by Gasteiger charge is -2.06. The van der Waals surface area contributed by atoms with E-state index in [4.69, 9.17) is 5.11 Å². The van der Waals surface area contributed by atoms with Crippen LogP contribution in [0.5, 0.6) is 17.2 Å². The van der Waals surface area contributed by atoms with Crippen molar-refractivity contribution in [2.75, 3.05) is 0 Å². The first-order valence-electron chi connectivity index (χ1n) is 4.98. The van der Waals surface area contributed by atoms with Crippen LogP contribution in [0.3, 0.4) is 0 Å². The number of ketones is 1. The van der Waals surface area contributed by atoms with Crippen molar-refractivity contribution in [3.8, 4) is 17.2 Å². The molecule has 6 heteroatoms. The number of aromatic amines is 1. The molecule has 92 valence electrons. The van der Waals surface area contributed by atoms with E-state index in [1.165, 1.54) is 12.3 Å². The van der Waals surface area contributed by atoms with E-state index in [0.29, 0.717) is 0 Å². The van der Waals surface area contributed by atoms with E-state index in [1.54, 1.807) is 0 Å². The fourth-order valence-electron chi connectivity index (χ4n) is 1.47. The minimum Gasteiger partial charge on any atom is -0.504 e. The summed E-state index contributed by atoms with van der Waals surface area (Å²) < 4.78 is 0. The molecule has 1 heterocycles. The number of carbonyl (C=O) groups is 1. The quantitative estimate of drug-likeness (QED) is 0.461. The molecule has 0 unspecified atom stereocenters. The van der Waals surface area contributed by atoms with E-state index in [1.807, 2.05) is 0 Å². The second-order valence-corrected chi connectivity index (χ2v) is 3.60. The van der Waals surface area contributed by atoms with E-state index in [-0.39, 0.29) is 16.7 Å². The van der Waals surface area contributed by atoms with Gasteiger partial charge >= 0.3 is 0 Å². The summed E-state index contributed by atoms with van der Waals surface area (Å²) in [5.41, 5.74) is -0.602. The smallest absolute Gasteiger partial charge is 0.213 e. The number of benzene rings is 1. The van der Waals surface area contributed by atoms with Gasteiger partial charge in [-0.25, -0.2) is 0 Å². The zero-order valence-corrected chi connectivity index (χ0v) is 9.04. The van der Waals surface area contributed by atoms with Crippen LogP contribution in [0, 0.1) is 0 Å². The minimum atomic E-state index is -0.779. The van der Waals surface area contributed by atoms with Crippen molar-refractivity contribution < 1.29 is 20.1 Å². The molecule has 0 spiro atoms. The van der Waals surface area contributed by atoms with Gasteiger partial charge in [-0.15, -0.1) is 0 Å². The highest BCUT2D eigenvalue weighted by Crippen LogP contribution is 2.37. The molecule has 1 aromatic carbocycles. The third-order valence-corrected chi connectivity index (χ3v) is 2.39. The van der Waals surface area contributed by atoms with Gasteiger partial charge in [0.2, 0.25) is 11.5 Å². The van der Waals surface area contributed by atoms with E-state index in [9.17, 15) is 19.8 Å². The van der Waals surface area contributed by atoms with Crippen LogP contribution in [0.15, 0.2) is 35.3 Å². The summed E-state index contributed by atoms with van der Waals surface area (Å²) in [6.07, 6.45) is 1.30. The number of rotatable bonds is 2. The standard InChI is InChI=1S/C12H9NO5/c14-6-3-4-13-8(5-6)10(16)7-1-2-9(15)12(18)11(7)17/h1-5,15,17-18H,(H,13,14). The number of phenolic OH excluding ortho intramolecular Hbond substituents is 3. The van der Waals surface area contributed by atoms with Crippen molar-refractivity contribution in [3.05, 3.63) is 51.9 Å². The molecule has 4 N–H and O–H groups in total. The Morgan fingerprint density at radius 3 is 2.44 bits per heavy atom. The monoisotopic (exact) mass is 247 g/mol. The Kier molecular flexibility index (Phi) is 2.77. The van der Waals surface area contributed by atoms with Crippen LogP contribution in [-0.4, -0.2) is 26.1 Å². The van der Waals surface area contributed by atoms with Crippen LogP contribution in [0.1, 0.15) is 16.1 Å². The summed E-state index contributed by atoms with van der Waals surface area (Å²) in [7, 11) is 0. The van der Waals surface area contributed by atoms with E-state index < -0.39 is 23.0 Å². The van der Waals surface area contributed by atoms with Crippen LogP contribution in [0.4, 0.5) is 0 Å². The Bertz CT molecular complexity index is 674. The highest BCUT2D eigenvalue weighted by Gasteiger charge is 2.19. The first-order chi connectivity index (χ1) is 8.50. The predicted molar refractivity (Wildman–Crippen MR) is 61.9 cm³/mol. The maximum atomic E-state index is 12.0. The molecular weight excluding hydrogens is 238 g/mol. The second-order valence-electron chi connectivity index (χ2n) is 3.60. The SMILES string of the molecule is O=C(c1cc(=O)cc[nH]1)c1ccc(O)c(O)c1O. The number of hydrogen-bond donors (Lipinski definition) is 4. The zero-order chi connectivity index (χ0) is 13.3. The highest BCUT2D eigenvalue weighted by atomic mass is 16.3. The summed E-state index contributed by atoms with van der Waals surface area (Å²) in [6, 6.07) is 4.54. The Hall–Kier alpha value is -2.76. The molecule has 0 aliphatic rings. The van der Waals surface area contributed by atoms with Crippen molar-refractivity contribution in [2.24, 2.45) is 0 Å². The fourth-order valence-corrected chi connectivity index (χ4v) is 1.47. The lowest BCUT2D eigenvalue weighted by Crippen LogP contribution is -2.09. The molecule has 0 aliphatic carbocycles. The maximum Gasteiger partial charge on any atom is 0.213 e. The first-order valence-corrected chi connectivity index (χ1v) is 4.98. The molecule has 0 fully saturated rings. The fraction of sp³-hybridized carbons (Fsp3) is 0. The Balaban J connectivity index is 2.53. The van der Waals surface area contributed by atoms with E-state index >= 15 is 0 Å². The van der Waals surface area contributed by atoms with Crippen LogP contribution >= 0.6 is 0 Å². The van der Waals surface area contributed by atoms with Gasteiger partial charge in [-0.1, -0.05) is 0 Å². The molecule has 0 bridgehead atoms. The maximum absolute atomic E-state index is 12.0. The Labute approximate surface area is 101 Å². The molecule has 1 aromatic heterocycles. The van der Waals surface area contributed by atoms with Gasteiger partial charge in [0.05, 0.1) is 11.3 Å². The van der Waals surface area contributed by atoms with Gasteiger partial charge in [-0.05, 0) is 12.1 Å². The molecule has 18 heavy (non-hydrogen) atoms. The molecule has 0 amide bonds. The van der Waals surface area contributed by atoms with Crippen molar-refractivity contribution in [1.82, 2.24) is 4.98 Å². The lowest BCUT2D eigenvalue weighted by atomic mass is 10.1. The Morgan fingerprint density at radius 2 is 1.78 bits per heavy atom. The van der Waals surface area contributed by atoms with Gasteiger partial charge in [0.1, 0.15) is 0 Å². The van der Waals surface area contributed by atoms with Crippen LogP contribution < -0.4 is 5.43 Å². The summed E-state index contributed by atoms with van der Waals surface area (Å²) in [5, 5.41) is 28.0. The van der Waals surface area contributed by atoms with E-state index in [0.717, 1.165) is 18.2 Å². The average molecular weight is 247 g/mol. The van der Waals surface area contributed by atoms with Gasteiger partial charge in [0.25, 0.3) is 0 Å². The molecule has 0 saturated carbocycles. The molecule has 0 atom stereocenters. The largest absolute Gasteiger partial charge is 0.504 e. The number of pyridine rings is 1. The minimum absolute atomic E-state index is 0.0251. The molecule has 0 aliphatic heterocycles. The molecule has 0 radical (unpaired) electrons. The topological polar surface area (TPSA) is 111 Å². The van der Waals surface area contributed by atoms with Crippen molar-refractivity contribution in [3.63, 3.8) is 0 Å². The third-order valence-electron chi connectivity index (χ3n) is 2.39. The van der Waals surface area contributed by atoms with Crippen LogP contribution in [0.2, 0.25) is 0 Å². The third kappa shape index (κ3) is 1.91. The van der Waals surface area contributed by atoms with Gasteiger partial charge < -0.3 is 20.3 Å². The number of H-pyrrole nitrogens is 1. The van der Waals surface area contributed by atoms with Crippen molar-refractivity contribution >= 4 is 5.78 Å². The van der Waals surface area contributed by atoms with Gasteiger partial charge in [-0.3, -0.25) is 9.59 Å². The second kappa shape index (κ2) is 4.25. The van der Waals surface area contributed by atoms with Crippen molar-refractivity contribution in [2.45, 2.75) is 0 Å². The summed E-state index contributed by atoms with van der Waals surface area (Å²) >= 11 is 0. The van der Waals surface area contributed by atoms with Gasteiger partial charge in [0.15, 0.2) is 16.9 Å². The van der Waals surface area contributed by atoms with Crippen molar-refractivity contribution in [1.29, 1.82) is 0 Å². The summed E-state index contributed by atoms with van der Waals surface area (Å²) in [6.45, 7) is 0. The van der Waals surface area contributed by atoms with E-state index in [2.05, 4.69) is 4.98 Å². The highest BCUT2D eigenvalue weighted by molar-refractivity contribution is 6.10. The average Bonchev–Trinajstić information content (AvgIpc) is 2.35. The van der Waals surface area contributed by atoms with Crippen LogP contribution in [-0.2, 0) is 0 Å².